The first-order valence-corrected chi connectivity index (χ1v) is 11.6. The first-order valence-electron chi connectivity index (χ1n) is 7.91. The van der Waals surface area contributed by atoms with E-state index in [1.54, 1.807) is 0 Å². The molecule has 108 valence electrons. The lowest BCUT2D eigenvalue weighted by Gasteiger charge is -2.19. The first kappa shape index (κ1) is 16.8. The summed E-state index contributed by atoms with van der Waals surface area (Å²) in [5, 5.41) is 1.39. The lowest BCUT2D eigenvalue weighted by atomic mass is 10.1. The molecule has 1 rings (SSSR count). The molecular formula is C17H29ClSi. The second-order valence-electron chi connectivity index (χ2n) is 5.79. The summed E-state index contributed by atoms with van der Waals surface area (Å²) in [6.07, 6.45) is 11.0. The third-order valence-electron chi connectivity index (χ3n) is 3.88. The summed E-state index contributed by atoms with van der Waals surface area (Å²) in [5.41, 5.74) is 0. The number of benzene rings is 1. The average Bonchev–Trinajstić information content (AvgIpc) is 2.43. The Kier molecular flexibility index (Phi) is 8.48. The SMILES string of the molecule is CCCCCCCCCC[Si](C)(Cl)c1ccccc1. The molecule has 0 heterocycles. The zero-order valence-corrected chi connectivity index (χ0v) is 14.4. The van der Waals surface area contributed by atoms with E-state index in [1.807, 2.05) is 0 Å². The van der Waals surface area contributed by atoms with Gasteiger partial charge in [0.05, 0.1) is 0 Å². The minimum Gasteiger partial charge on any atom is -0.161 e. The Morgan fingerprint density at radius 1 is 0.842 bits per heavy atom. The van der Waals surface area contributed by atoms with Crippen LogP contribution in [0.1, 0.15) is 58.3 Å². The second-order valence-corrected chi connectivity index (χ2v) is 11.8. The van der Waals surface area contributed by atoms with Crippen LogP contribution in [0.5, 0.6) is 0 Å². The van der Waals surface area contributed by atoms with Gasteiger partial charge in [0.2, 0.25) is 0 Å². The van der Waals surface area contributed by atoms with E-state index in [0.29, 0.717) is 0 Å². The van der Waals surface area contributed by atoms with Crippen molar-refractivity contribution in [2.24, 2.45) is 0 Å². The minimum atomic E-state index is -1.69. The maximum absolute atomic E-state index is 6.78. The Labute approximate surface area is 125 Å². The molecule has 0 fully saturated rings. The van der Waals surface area contributed by atoms with E-state index in [1.165, 1.54) is 62.6 Å². The predicted molar refractivity (Wildman–Crippen MR) is 91.0 cm³/mol. The summed E-state index contributed by atoms with van der Waals surface area (Å²) in [6.45, 7) is 4.56. The monoisotopic (exact) mass is 296 g/mol. The van der Waals surface area contributed by atoms with Crippen molar-refractivity contribution in [1.29, 1.82) is 0 Å². The highest BCUT2D eigenvalue weighted by Gasteiger charge is 2.25. The van der Waals surface area contributed by atoms with Crippen molar-refractivity contribution in [3.8, 4) is 0 Å². The number of hydrogen-bond acceptors (Lipinski definition) is 0. The molecule has 0 nitrogen and oxygen atoms in total. The standard InChI is InChI=1S/C17H29ClSi/c1-3-4-5-6-7-8-9-13-16-19(2,18)17-14-11-10-12-15-17/h10-12,14-15H,3-9,13,16H2,1-2H3. The van der Waals surface area contributed by atoms with Crippen LogP contribution in [-0.2, 0) is 0 Å². The molecule has 0 aromatic heterocycles. The molecule has 1 unspecified atom stereocenters. The van der Waals surface area contributed by atoms with Crippen LogP contribution in [0, 0.1) is 0 Å². The summed E-state index contributed by atoms with van der Waals surface area (Å²) >= 11 is 6.78. The zero-order chi connectivity index (χ0) is 14.0. The molecule has 0 aliphatic heterocycles. The molecule has 0 amide bonds. The van der Waals surface area contributed by atoms with E-state index >= 15 is 0 Å². The molecule has 0 aliphatic carbocycles. The predicted octanol–water partition coefficient (Wildman–Crippen LogP) is 5.85. The first-order chi connectivity index (χ1) is 9.17. The molecule has 1 atom stereocenters. The van der Waals surface area contributed by atoms with Gasteiger partial charge in [0.1, 0.15) is 0 Å². The van der Waals surface area contributed by atoms with Gasteiger partial charge in [-0.1, -0.05) is 95.2 Å². The number of halogens is 1. The Bertz CT molecular complexity index is 321. The van der Waals surface area contributed by atoms with Crippen LogP contribution in [0.25, 0.3) is 0 Å². The van der Waals surface area contributed by atoms with E-state index in [-0.39, 0.29) is 0 Å². The number of hydrogen-bond donors (Lipinski definition) is 0. The van der Waals surface area contributed by atoms with Gasteiger partial charge in [0, 0.05) is 0 Å². The average molecular weight is 297 g/mol. The second kappa shape index (κ2) is 9.60. The van der Waals surface area contributed by atoms with E-state index in [0.717, 1.165) is 0 Å². The Morgan fingerprint density at radius 2 is 1.37 bits per heavy atom. The van der Waals surface area contributed by atoms with Gasteiger partial charge in [-0.25, -0.2) is 0 Å². The van der Waals surface area contributed by atoms with E-state index in [9.17, 15) is 0 Å². The molecule has 0 aliphatic rings. The van der Waals surface area contributed by atoms with Crippen LogP contribution >= 0.6 is 11.1 Å². The van der Waals surface area contributed by atoms with Gasteiger partial charge in [-0.05, 0) is 11.2 Å². The molecule has 0 radical (unpaired) electrons. The van der Waals surface area contributed by atoms with Crippen LogP contribution < -0.4 is 5.19 Å². The Balaban J connectivity index is 2.12. The molecule has 1 aromatic carbocycles. The van der Waals surface area contributed by atoms with Gasteiger partial charge >= 0.3 is 0 Å². The van der Waals surface area contributed by atoms with Crippen molar-refractivity contribution in [2.75, 3.05) is 0 Å². The lowest BCUT2D eigenvalue weighted by Crippen LogP contribution is -2.38. The summed E-state index contributed by atoms with van der Waals surface area (Å²) in [5.74, 6) is 0. The smallest absolute Gasteiger partial charge is 0.161 e. The molecular weight excluding hydrogens is 268 g/mol. The van der Waals surface area contributed by atoms with Gasteiger partial charge in [-0.3, -0.25) is 0 Å². The Hall–Kier alpha value is -0.273. The summed E-state index contributed by atoms with van der Waals surface area (Å²) in [4.78, 5) is 0. The Morgan fingerprint density at radius 3 is 1.95 bits per heavy atom. The van der Waals surface area contributed by atoms with Gasteiger partial charge in [0.25, 0.3) is 0 Å². The van der Waals surface area contributed by atoms with Gasteiger partial charge in [0.15, 0.2) is 7.38 Å². The maximum atomic E-state index is 6.78. The lowest BCUT2D eigenvalue weighted by molar-refractivity contribution is 0.584. The van der Waals surface area contributed by atoms with Crippen molar-refractivity contribution in [1.82, 2.24) is 0 Å². The fourth-order valence-electron chi connectivity index (χ4n) is 2.52. The molecule has 0 saturated heterocycles. The van der Waals surface area contributed by atoms with Crippen molar-refractivity contribution in [3.63, 3.8) is 0 Å². The summed E-state index contributed by atoms with van der Waals surface area (Å²) in [6, 6.07) is 11.9. The van der Waals surface area contributed by atoms with Gasteiger partial charge in [-0.2, -0.15) is 11.1 Å². The molecule has 0 bridgehead atoms. The van der Waals surface area contributed by atoms with Gasteiger partial charge in [-0.15, -0.1) is 0 Å². The highest BCUT2D eigenvalue weighted by atomic mass is 35.6. The van der Waals surface area contributed by atoms with Crippen LogP contribution in [0.4, 0.5) is 0 Å². The summed E-state index contributed by atoms with van der Waals surface area (Å²) in [7, 11) is -1.69. The zero-order valence-electron chi connectivity index (χ0n) is 12.6. The summed E-state index contributed by atoms with van der Waals surface area (Å²) < 4.78 is 0. The molecule has 19 heavy (non-hydrogen) atoms. The fraction of sp³-hybridized carbons (Fsp3) is 0.647. The molecule has 0 saturated carbocycles. The quantitative estimate of drug-likeness (QED) is 0.289. The van der Waals surface area contributed by atoms with Crippen LogP contribution in [-0.4, -0.2) is 7.38 Å². The van der Waals surface area contributed by atoms with E-state index in [4.69, 9.17) is 11.1 Å². The van der Waals surface area contributed by atoms with Crippen LogP contribution in [0.2, 0.25) is 12.6 Å². The molecule has 0 N–H and O–H groups in total. The molecule has 0 spiro atoms. The van der Waals surface area contributed by atoms with Gasteiger partial charge < -0.3 is 0 Å². The number of rotatable bonds is 10. The van der Waals surface area contributed by atoms with Crippen molar-refractivity contribution >= 4 is 23.6 Å². The van der Waals surface area contributed by atoms with Crippen LogP contribution in [0.15, 0.2) is 30.3 Å². The normalized spacial score (nSPS) is 14.3. The minimum absolute atomic E-state index is 1.22. The molecule has 1 aromatic rings. The van der Waals surface area contributed by atoms with Crippen molar-refractivity contribution in [3.05, 3.63) is 30.3 Å². The largest absolute Gasteiger partial charge is 0.183 e. The van der Waals surface area contributed by atoms with E-state index < -0.39 is 7.38 Å². The van der Waals surface area contributed by atoms with Crippen molar-refractivity contribution in [2.45, 2.75) is 70.9 Å². The van der Waals surface area contributed by atoms with Crippen LogP contribution in [0.3, 0.4) is 0 Å². The maximum Gasteiger partial charge on any atom is 0.183 e. The highest BCUT2D eigenvalue weighted by Crippen LogP contribution is 2.20. The fourth-order valence-corrected chi connectivity index (χ4v) is 5.39. The third kappa shape index (κ3) is 7.17. The number of unbranched alkanes of at least 4 members (excludes halogenated alkanes) is 7. The third-order valence-corrected chi connectivity index (χ3v) is 7.93. The highest BCUT2D eigenvalue weighted by molar-refractivity contribution is 7.26. The van der Waals surface area contributed by atoms with Crippen molar-refractivity contribution < 1.29 is 0 Å². The topological polar surface area (TPSA) is 0 Å². The molecule has 2 heteroatoms. The van der Waals surface area contributed by atoms with E-state index in [2.05, 4.69) is 43.8 Å².